The average Bonchev–Trinajstić information content (AvgIpc) is 2.51. The molecule has 4 fully saturated rings. The Morgan fingerprint density at radius 3 is 1.96 bits per heavy atom. The van der Waals surface area contributed by atoms with Gasteiger partial charge in [-0.25, -0.2) is 0 Å². The van der Waals surface area contributed by atoms with Crippen LogP contribution in [0.1, 0.15) is 44.9 Å². The second-order valence-corrected chi connectivity index (χ2v) is 8.64. The molecular formula is C19H35ClNO4-. The van der Waals surface area contributed by atoms with Gasteiger partial charge in [0.05, 0.1) is 25.9 Å². The third kappa shape index (κ3) is 5.78. The van der Waals surface area contributed by atoms with Crippen LogP contribution in [0.3, 0.4) is 0 Å². The molecule has 0 spiro atoms. The Balaban J connectivity index is 0.00000225. The fourth-order valence-corrected chi connectivity index (χ4v) is 6.03. The minimum atomic E-state index is -0.556. The maximum Gasteiger partial charge on any atom is 0.0900 e. The summed E-state index contributed by atoms with van der Waals surface area (Å²) in [6.45, 7) is 2.58. The van der Waals surface area contributed by atoms with Gasteiger partial charge in [0.2, 0.25) is 0 Å². The number of hydrogen-bond donors (Lipinski definition) is 3. The zero-order valence-corrected chi connectivity index (χ0v) is 16.0. The molecule has 0 aromatic rings. The number of hydrogen-bond acceptors (Lipinski definition) is 5. The van der Waals surface area contributed by atoms with Crippen molar-refractivity contribution < 1.29 is 32.5 Å². The van der Waals surface area contributed by atoms with E-state index in [0.717, 1.165) is 30.8 Å². The van der Waals surface area contributed by atoms with Crippen LogP contribution in [0.25, 0.3) is 0 Å². The first kappa shape index (κ1) is 21.4. The van der Waals surface area contributed by atoms with Gasteiger partial charge < -0.3 is 32.5 Å². The lowest BCUT2D eigenvalue weighted by Crippen LogP contribution is -3.00. The maximum absolute atomic E-state index is 10.1. The van der Waals surface area contributed by atoms with Crippen LogP contribution in [-0.4, -0.2) is 72.4 Å². The molecule has 0 aromatic carbocycles. The van der Waals surface area contributed by atoms with Gasteiger partial charge in [-0.05, 0) is 68.1 Å². The first-order valence-electron chi connectivity index (χ1n) is 9.82. The Bertz CT molecular complexity index is 354. The fraction of sp³-hybridized carbons (Fsp3) is 1.00. The number of ether oxygens (including phenoxy) is 1. The van der Waals surface area contributed by atoms with E-state index in [0.29, 0.717) is 31.7 Å². The molecule has 1 unspecified atom stereocenters. The van der Waals surface area contributed by atoms with Crippen molar-refractivity contribution in [2.45, 2.75) is 51.0 Å². The Hall–Kier alpha value is 0.0900. The summed E-state index contributed by atoms with van der Waals surface area (Å²) in [6, 6.07) is 0. The molecule has 5 nitrogen and oxygen atoms in total. The van der Waals surface area contributed by atoms with E-state index in [9.17, 15) is 5.11 Å². The summed E-state index contributed by atoms with van der Waals surface area (Å²) >= 11 is 0. The fourth-order valence-electron chi connectivity index (χ4n) is 6.03. The van der Waals surface area contributed by atoms with Crippen LogP contribution in [0.15, 0.2) is 0 Å². The van der Waals surface area contributed by atoms with Gasteiger partial charge in [0.25, 0.3) is 0 Å². The lowest BCUT2D eigenvalue weighted by molar-refractivity contribution is -0.0742. The van der Waals surface area contributed by atoms with Crippen molar-refractivity contribution in [3.8, 4) is 0 Å². The summed E-state index contributed by atoms with van der Waals surface area (Å²) in [4.78, 5) is 1.87. The van der Waals surface area contributed by atoms with E-state index in [1.54, 1.807) is 0 Å². The molecule has 1 atom stereocenters. The van der Waals surface area contributed by atoms with Gasteiger partial charge in [0.1, 0.15) is 0 Å². The molecule has 4 bridgehead atoms. The Kier molecular flexibility index (Phi) is 8.44. The van der Waals surface area contributed by atoms with Crippen molar-refractivity contribution in [1.82, 2.24) is 4.90 Å². The van der Waals surface area contributed by atoms with Crippen LogP contribution >= 0.6 is 0 Å². The summed E-state index contributed by atoms with van der Waals surface area (Å²) in [6.07, 6.45) is 9.25. The molecule has 4 aliphatic rings. The number of halogens is 1. The van der Waals surface area contributed by atoms with Gasteiger partial charge in [0.15, 0.2) is 0 Å². The molecule has 0 amide bonds. The standard InChI is InChI=1S/C19H35NO4.ClH/c21-4-2-20(3-5-22)13-18(23)14-24-6-1-19-10-15-7-16(11-19)9-17(8-15)12-19;/h15-18,21-23H,1-14H2;1H/p-1. The van der Waals surface area contributed by atoms with E-state index in [-0.39, 0.29) is 25.6 Å². The minimum Gasteiger partial charge on any atom is -1.00 e. The lowest BCUT2D eigenvalue weighted by atomic mass is 9.49. The lowest BCUT2D eigenvalue weighted by Gasteiger charge is -2.57. The van der Waals surface area contributed by atoms with Crippen LogP contribution in [0.4, 0.5) is 0 Å². The molecule has 148 valence electrons. The Morgan fingerprint density at radius 2 is 1.48 bits per heavy atom. The van der Waals surface area contributed by atoms with Gasteiger partial charge in [0, 0.05) is 26.2 Å². The van der Waals surface area contributed by atoms with E-state index >= 15 is 0 Å². The molecule has 4 aliphatic carbocycles. The highest BCUT2D eigenvalue weighted by Crippen LogP contribution is 2.61. The van der Waals surface area contributed by atoms with Crippen molar-refractivity contribution in [2.75, 3.05) is 46.1 Å². The van der Waals surface area contributed by atoms with E-state index in [1.807, 2.05) is 4.90 Å². The third-order valence-electron chi connectivity index (χ3n) is 6.55. The summed E-state index contributed by atoms with van der Waals surface area (Å²) in [7, 11) is 0. The van der Waals surface area contributed by atoms with Crippen LogP contribution < -0.4 is 12.4 Å². The van der Waals surface area contributed by atoms with Crippen LogP contribution in [-0.2, 0) is 4.74 Å². The molecule has 3 N–H and O–H groups in total. The van der Waals surface area contributed by atoms with Crippen molar-refractivity contribution in [3.63, 3.8) is 0 Å². The van der Waals surface area contributed by atoms with Crippen LogP contribution in [0.5, 0.6) is 0 Å². The molecule has 6 heteroatoms. The molecule has 0 saturated heterocycles. The second kappa shape index (κ2) is 9.86. The average molecular weight is 377 g/mol. The highest BCUT2D eigenvalue weighted by atomic mass is 35.5. The predicted molar refractivity (Wildman–Crippen MR) is 92.7 cm³/mol. The zero-order chi connectivity index (χ0) is 17.0. The first-order valence-corrected chi connectivity index (χ1v) is 9.82. The third-order valence-corrected chi connectivity index (χ3v) is 6.55. The Labute approximate surface area is 158 Å². The van der Waals surface area contributed by atoms with Crippen molar-refractivity contribution in [3.05, 3.63) is 0 Å². The maximum atomic E-state index is 10.1. The van der Waals surface area contributed by atoms with Gasteiger partial charge in [-0.1, -0.05) is 0 Å². The van der Waals surface area contributed by atoms with Crippen molar-refractivity contribution >= 4 is 0 Å². The van der Waals surface area contributed by atoms with E-state index < -0.39 is 6.10 Å². The number of aliphatic hydroxyl groups excluding tert-OH is 3. The number of nitrogens with zero attached hydrogens (tertiary/aromatic N) is 1. The minimum absolute atomic E-state index is 0. The molecule has 0 radical (unpaired) electrons. The van der Waals surface area contributed by atoms with Crippen molar-refractivity contribution in [2.24, 2.45) is 23.2 Å². The number of aliphatic hydroxyl groups is 3. The number of rotatable bonds is 11. The van der Waals surface area contributed by atoms with Gasteiger partial charge in [-0.15, -0.1) is 0 Å². The van der Waals surface area contributed by atoms with Crippen LogP contribution in [0, 0.1) is 23.2 Å². The smallest absolute Gasteiger partial charge is 0.0900 e. The van der Waals surface area contributed by atoms with Crippen LogP contribution in [0.2, 0.25) is 0 Å². The quantitative estimate of drug-likeness (QED) is 0.373. The monoisotopic (exact) mass is 376 g/mol. The molecule has 4 saturated carbocycles. The summed E-state index contributed by atoms with van der Waals surface area (Å²) in [5.74, 6) is 2.94. The van der Waals surface area contributed by atoms with Gasteiger partial charge in [-0.3, -0.25) is 4.90 Å². The summed E-state index contributed by atoms with van der Waals surface area (Å²) in [5.41, 5.74) is 0.541. The largest absolute Gasteiger partial charge is 1.00 e. The molecular weight excluding hydrogens is 342 g/mol. The SMILES string of the molecule is OCCN(CCO)CC(O)COCCC12CC3CC(CC(C3)C1)C2.[Cl-]. The van der Waals surface area contributed by atoms with E-state index in [1.165, 1.54) is 38.5 Å². The molecule has 4 rings (SSSR count). The summed E-state index contributed by atoms with van der Waals surface area (Å²) in [5, 5.41) is 28.1. The molecule has 0 heterocycles. The van der Waals surface area contributed by atoms with Gasteiger partial charge >= 0.3 is 0 Å². The second-order valence-electron chi connectivity index (χ2n) is 8.64. The van der Waals surface area contributed by atoms with E-state index in [4.69, 9.17) is 14.9 Å². The highest BCUT2D eigenvalue weighted by molar-refractivity contribution is 5.01. The predicted octanol–water partition coefficient (Wildman–Crippen LogP) is -1.74. The highest BCUT2D eigenvalue weighted by Gasteiger charge is 2.50. The summed E-state index contributed by atoms with van der Waals surface area (Å²) < 4.78 is 5.79. The van der Waals surface area contributed by atoms with E-state index in [2.05, 4.69) is 0 Å². The van der Waals surface area contributed by atoms with Crippen molar-refractivity contribution in [1.29, 1.82) is 0 Å². The normalized spacial score (nSPS) is 34.3. The molecule has 25 heavy (non-hydrogen) atoms. The Morgan fingerprint density at radius 1 is 0.960 bits per heavy atom. The topological polar surface area (TPSA) is 73.2 Å². The van der Waals surface area contributed by atoms with Gasteiger partial charge in [-0.2, -0.15) is 0 Å². The molecule has 0 aliphatic heterocycles. The first-order chi connectivity index (χ1) is 11.6. The zero-order valence-electron chi connectivity index (χ0n) is 15.3. The molecule has 0 aromatic heterocycles.